The van der Waals surface area contributed by atoms with Crippen molar-refractivity contribution in [1.29, 1.82) is 0 Å². The van der Waals surface area contributed by atoms with Crippen molar-refractivity contribution in [2.24, 2.45) is 0 Å². The number of nitro groups is 1. The third-order valence-electron chi connectivity index (χ3n) is 3.26. The molecule has 23 heavy (non-hydrogen) atoms. The van der Waals surface area contributed by atoms with Crippen LogP contribution in [0.4, 0.5) is 5.69 Å². The third kappa shape index (κ3) is 3.84. The lowest BCUT2D eigenvalue weighted by Crippen LogP contribution is -2.27. The van der Waals surface area contributed by atoms with Crippen LogP contribution in [0.15, 0.2) is 41.4 Å². The molecule has 1 atom stereocenters. The molecular formula is C14H14ClN3O4S. The summed E-state index contributed by atoms with van der Waals surface area (Å²) in [6.45, 7) is 3.09. The van der Waals surface area contributed by atoms with Crippen LogP contribution in [0, 0.1) is 17.0 Å². The predicted octanol–water partition coefficient (Wildman–Crippen LogP) is 2.99. The molecule has 9 heteroatoms. The summed E-state index contributed by atoms with van der Waals surface area (Å²) in [5, 5.41) is 11.0. The van der Waals surface area contributed by atoms with Gasteiger partial charge in [-0.1, -0.05) is 17.7 Å². The highest BCUT2D eigenvalue weighted by atomic mass is 35.5. The Morgan fingerprint density at radius 2 is 2.04 bits per heavy atom. The minimum Gasteiger partial charge on any atom is -0.260 e. The number of aromatic nitrogens is 1. The predicted molar refractivity (Wildman–Crippen MR) is 85.8 cm³/mol. The van der Waals surface area contributed by atoms with Gasteiger partial charge in [0.2, 0.25) is 10.0 Å². The summed E-state index contributed by atoms with van der Waals surface area (Å²) in [6, 6.07) is 6.72. The lowest BCUT2D eigenvalue weighted by molar-refractivity contribution is -0.385. The Morgan fingerprint density at radius 3 is 2.61 bits per heavy atom. The Kier molecular flexibility index (Phi) is 4.98. The van der Waals surface area contributed by atoms with Gasteiger partial charge in [-0.3, -0.25) is 15.1 Å². The SMILES string of the molecule is Cc1c(Cl)cc(S(=O)(=O)NC(C)c2ccccn2)cc1[N+](=O)[O-]. The van der Waals surface area contributed by atoms with Crippen LogP contribution in [-0.4, -0.2) is 18.3 Å². The number of nitrogens with one attached hydrogen (secondary N) is 1. The average molecular weight is 356 g/mol. The molecule has 0 radical (unpaired) electrons. The zero-order valence-corrected chi connectivity index (χ0v) is 13.9. The molecule has 0 aliphatic carbocycles. The number of benzene rings is 1. The quantitative estimate of drug-likeness (QED) is 0.656. The third-order valence-corrected chi connectivity index (χ3v) is 5.17. The molecule has 0 spiro atoms. The number of hydrogen-bond acceptors (Lipinski definition) is 5. The van der Waals surface area contributed by atoms with Crippen molar-refractivity contribution in [2.75, 3.05) is 0 Å². The normalized spacial score (nSPS) is 12.8. The van der Waals surface area contributed by atoms with Gasteiger partial charge in [0.05, 0.1) is 26.6 Å². The first-order valence-electron chi connectivity index (χ1n) is 6.60. The maximum atomic E-state index is 12.4. The van der Waals surface area contributed by atoms with E-state index in [-0.39, 0.29) is 21.2 Å². The van der Waals surface area contributed by atoms with Crippen LogP contribution in [0.5, 0.6) is 0 Å². The van der Waals surface area contributed by atoms with Gasteiger partial charge in [-0.2, -0.15) is 0 Å². The number of nitrogens with zero attached hydrogens (tertiary/aromatic N) is 2. The molecule has 0 saturated heterocycles. The van der Waals surface area contributed by atoms with Crippen molar-refractivity contribution in [3.05, 3.63) is 62.9 Å². The van der Waals surface area contributed by atoms with Crippen LogP contribution in [0.25, 0.3) is 0 Å². The number of rotatable bonds is 5. The van der Waals surface area contributed by atoms with Gasteiger partial charge in [-0.15, -0.1) is 0 Å². The Hall–Kier alpha value is -2.03. The minimum absolute atomic E-state index is 0.0186. The summed E-state index contributed by atoms with van der Waals surface area (Å²) < 4.78 is 27.3. The molecule has 0 fully saturated rings. The van der Waals surface area contributed by atoms with E-state index in [1.165, 1.54) is 13.0 Å². The molecule has 2 rings (SSSR count). The van der Waals surface area contributed by atoms with E-state index in [4.69, 9.17) is 11.6 Å². The first-order valence-corrected chi connectivity index (χ1v) is 8.46. The largest absolute Gasteiger partial charge is 0.275 e. The zero-order valence-electron chi connectivity index (χ0n) is 12.4. The highest BCUT2D eigenvalue weighted by Gasteiger charge is 2.24. The fraction of sp³-hybridized carbons (Fsp3) is 0.214. The topological polar surface area (TPSA) is 102 Å². The Balaban J connectivity index is 2.39. The molecule has 2 aromatic rings. The molecule has 122 valence electrons. The summed E-state index contributed by atoms with van der Waals surface area (Å²) in [6.07, 6.45) is 1.55. The van der Waals surface area contributed by atoms with Crippen molar-refractivity contribution in [3.63, 3.8) is 0 Å². The maximum Gasteiger partial charge on any atom is 0.275 e. The number of sulfonamides is 1. The Morgan fingerprint density at radius 1 is 1.35 bits per heavy atom. The van der Waals surface area contributed by atoms with Crippen LogP contribution >= 0.6 is 11.6 Å². The van der Waals surface area contributed by atoms with E-state index in [1.807, 2.05) is 0 Å². The monoisotopic (exact) mass is 355 g/mol. The van der Waals surface area contributed by atoms with E-state index in [9.17, 15) is 18.5 Å². The molecule has 0 aliphatic rings. The average Bonchev–Trinajstić information content (AvgIpc) is 2.49. The molecule has 0 amide bonds. The van der Waals surface area contributed by atoms with Crippen molar-refractivity contribution in [1.82, 2.24) is 9.71 Å². The molecule has 1 unspecified atom stereocenters. The smallest absolute Gasteiger partial charge is 0.260 e. The zero-order chi connectivity index (χ0) is 17.2. The molecule has 1 aromatic heterocycles. The molecule has 1 heterocycles. The fourth-order valence-corrected chi connectivity index (χ4v) is 3.52. The molecule has 0 saturated carbocycles. The van der Waals surface area contributed by atoms with E-state index in [0.29, 0.717) is 5.69 Å². The van der Waals surface area contributed by atoms with Crippen LogP contribution < -0.4 is 4.72 Å². The second kappa shape index (κ2) is 6.61. The van der Waals surface area contributed by atoms with Gasteiger partial charge in [0.1, 0.15) is 0 Å². The Bertz CT molecular complexity index is 841. The summed E-state index contributed by atoms with van der Waals surface area (Å²) in [5.41, 5.74) is 0.403. The van der Waals surface area contributed by atoms with Crippen LogP contribution in [0.2, 0.25) is 5.02 Å². The summed E-state index contributed by atoms with van der Waals surface area (Å²) in [7, 11) is -3.98. The lowest BCUT2D eigenvalue weighted by Gasteiger charge is -2.14. The highest BCUT2D eigenvalue weighted by Crippen LogP contribution is 2.30. The minimum atomic E-state index is -3.98. The summed E-state index contributed by atoms with van der Waals surface area (Å²) in [4.78, 5) is 14.2. The first kappa shape index (κ1) is 17.3. The van der Waals surface area contributed by atoms with Gasteiger partial charge in [-0.25, -0.2) is 13.1 Å². The molecule has 7 nitrogen and oxygen atoms in total. The molecule has 0 aliphatic heterocycles. The number of hydrogen-bond donors (Lipinski definition) is 1. The standard InChI is InChI=1S/C14H14ClN3O4S/c1-9-12(15)7-11(8-14(9)18(19)20)23(21,22)17-10(2)13-5-3-4-6-16-13/h3-8,10,17H,1-2H3. The Labute approximate surface area is 138 Å². The van der Waals surface area contributed by atoms with Gasteiger partial charge < -0.3 is 0 Å². The van der Waals surface area contributed by atoms with Crippen LogP contribution in [0.1, 0.15) is 24.2 Å². The second-order valence-corrected chi connectivity index (χ2v) is 7.03. The number of nitro benzene ring substituents is 1. The molecule has 0 bridgehead atoms. The van der Waals surface area contributed by atoms with Gasteiger partial charge in [-0.05, 0) is 32.0 Å². The van der Waals surface area contributed by atoms with Gasteiger partial charge >= 0.3 is 0 Å². The second-order valence-electron chi connectivity index (χ2n) is 4.90. The van der Waals surface area contributed by atoms with Crippen molar-refractivity contribution in [2.45, 2.75) is 24.8 Å². The van der Waals surface area contributed by atoms with Gasteiger partial charge in [0.15, 0.2) is 0 Å². The number of pyridine rings is 1. The van der Waals surface area contributed by atoms with Crippen LogP contribution in [0.3, 0.4) is 0 Å². The summed E-state index contributed by atoms with van der Waals surface area (Å²) in [5.74, 6) is 0. The van der Waals surface area contributed by atoms with E-state index in [2.05, 4.69) is 9.71 Å². The molecule has 1 N–H and O–H groups in total. The lowest BCUT2D eigenvalue weighted by atomic mass is 10.2. The maximum absolute atomic E-state index is 12.4. The first-order chi connectivity index (χ1) is 10.7. The fourth-order valence-electron chi connectivity index (χ4n) is 1.98. The van der Waals surface area contributed by atoms with Gasteiger partial charge in [0, 0.05) is 17.8 Å². The van der Waals surface area contributed by atoms with Crippen LogP contribution in [-0.2, 0) is 10.0 Å². The van der Waals surface area contributed by atoms with E-state index in [1.54, 1.807) is 31.3 Å². The van der Waals surface area contributed by atoms with Crippen molar-refractivity contribution < 1.29 is 13.3 Å². The van der Waals surface area contributed by atoms with E-state index >= 15 is 0 Å². The van der Waals surface area contributed by atoms with E-state index in [0.717, 1.165) is 6.07 Å². The van der Waals surface area contributed by atoms with Crippen molar-refractivity contribution >= 4 is 27.3 Å². The highest BCUT2D eigenvalue weighted by molar-refractivity contribution is 7.89. The summed E-state index contributed by atoms with van der Waals surface area (Å²) >= 11 is 5.91. The van der Waals surface area contributed by atoms with Crippen molar-refractivity contribution in [3.8, 4) is 0 Å². The molecule has 1 aromatic carbocycles. The van der Waals surface area contributed by atoms with E-state index < -0.39 is 21.0 Å². The molecular weight excluding hydrogens is 342 g/mol. The van der Waals surface area contributed by atoms with Gasteiger partial charge in [0.25, 0.3) is 5.69 Å². The number of halogens is 1.